The van der Waals surface area contributed by atoms with Crippen LogP contribution in [0.25, 0.3) is 0 Å². The van der Waals surface area contributed by atoms with Gasteiger partial charge in [-0.1, -0.05) is 31.4 Å². The number of carboxylic acids is 1. The van der Waals surface area contributed by atoms with Gasteiger partial charge >= 0.3 is 5.97 Å². The molecule has 25 heavy (non-hydrogen) atoms. The lowest BCUT2D eigenvalue weighted by atomic mass is 9.88. The minimum atomic E-state index is -0.974. The van der Waals surface area contributed by atoms with Crippen molar-refractivity contribution in [1.82, 2.24) is 10.6 Å². The Morgan fingerprint density at radius 3 is 2.36 bits per heavy atom. The number of rotatable bonds is 7. The first kappa shape index (κ1) is 19.0. The highest BCUT2D eigenvalue weighted by atomic mass is 16.4. The average Bonchev–Trinajstić information content (AvgIpc) is 2.61. The molecule has 6 nitrogen and oxygen atoms in total. The molecular weight excluding hydrogens is 320 g/mol. The first-order valence-electron chi connectivity index (χ1n) is 8.85. The molecule has 0 saturated heterocycles. The van der Waals surface area contributed by atoms with Gasteiger partial charge in [0.15, 0.2) is 0 Å². The molecule has 0 spiro atoms. The predicted molar refractivity (Wildman–Crippen MR) is 94.0 cm³/mol. The standard InChI is InChI=1S/C19H26N2O4/c1-13(21-18(23)15-5-3-2-4-6-15)11-17(22)20-12-14-7-9-16(10-8-14)19(24)25/h7-10,13,15H,2-6,11-12H2,1H3,(H,20,22)(H,21,23)(H,24,25). The monoisotopic (exact) mass is 346 g/mol. The number of hydrogen-bond acceptors (Lipinski definition) is 3. The Labute approximate surface area is 148 Å². The number of carbonyl (C=O) groups excluding carboxylic acids is 2. The molecular formula is C19H26N2O4. The molecule has 2 rings (SSSR count). The van der Waals surface area contributed by atoms with Crippen molar-refractivity contribution in [2.45, 2.75) is 58.0 Å². The highest BCUT2D eigenvalue weighted by molar-refractivity contribution is 5.87. The van der Waals surface area contributed by atoms with Crippen LogP contribution in [0.2, 0.25) is 0 Å². The average molecular weight is 346 g/mol. The van der Waals surface area contributed by atoms with Gasteiger partial charge in [0.05, 0.1) is 5.56 Å². The van der Waals surface area contributed by atoms with Gasteiger partial charge in [-0.05, 0) is 37.5 Å². The lowest BCUT2D eigenvalue weighted by Gasteiger charge is -2.23. The Balaban J connectivity index is 1.71. The maximum Gasteiger partial charge on any atom is 0.335 e. The van der Waals surface area contributed by atoms with Crippen LogP contribution in [0.3, 0.4) is 0 Å². The highest BCUT2D eigenvalue weighted by Crippen LogP contribution is 2.23. The Kier molecular flexibility index (Phi) is 6.98. The summed E-state index contributed by atoms with van der Waals surface area (Å²) in [6.45, 7) is 2.17. The predicted octanol–water partition coefficient (Wildman–Crippen LogP) is 2.48. The quantitative estimate of drug-likeness (QED) is 0.707. The molecule has 6 heteroatoms. The fraction of sp³-hybridized carbons (Fsp3) is 0.526. The molecule has 3 N–H and O–H groups in total. The van der Waals surface area contributed by atoms with E-state index in [1.807, 2.05) is 6.92 Å². The molecule has 2 amide bonds. The van der Waals surface area contributed by atoms with Gasteiger partial charge in [0.1, 0.15) is 0 Å². The third kappa shape index (κ3) is 6.21. The summed E-state index contributed by atoms with van der Waals surface area (Å²) in [6, 6.07) is 6.17. The van der Waals surface area contributed by atoms with Crippen LogP contribution in [0.4, 0.5) is 0 Å². The van der Waals surface area contributed by atoms with E-state index >= 15 is 0 Å². The van der Waals surface area contributed by atoms with Crippen molar-refractivity contribution in [2.75, 3.05) is 0 Å². The zero-order valence-corrected chi connectivity index (χ0v) is 14.6. The van der Waals surface area contributed by atoms with E-state index in [0.717, 1.165) is 31.2 Å². The summed E-state index contributed by atoms with van der Waals surface area (Å²) in [6.07, 6.45) is 5.52. The van der Waals surface area contributed by atoms with Crippen LogP contribution in [0.15, 0.2) is 24.3 Å². The number of aromatic carboxylic acids is 1. The van der Waals surface area contributed by atoms with Crippen LogP contribution in [0, 0.1) is 5.92 Å². The fourth-order valence-corrected chi connectivity index (χ4v) is 3.09. The van der Waals surface area contributed by atoms with Gasteiger partial charge in [0.2, 0.25) is 11.8 Å². The smallest absolute Gasteiger partial charge is 0.335 e. The van der Waals surface area contributed by atoms with E-state index in [0.29, 0.717) is 6.54 Å². The summed E-state index contributed by atoms with van der Waals surface area (Å²) in [7, 11) is 0. The van der Waals surface area contributed by atoms with E-state index in [-0.39, 0.29) is 35.8 Å². The topological polar surface area (TPSA) is 95.5 Å². The van der Waals surface area contributed by atoms with E-state index in [2.05, 4.69) is 10.6 Å². The lowest BCUT2D eigenvalue weighted by molar-refractivity contribution is -0.127. The lowest BCUT2D eigenvalue weighted by Crippen LogP contribution is -2.40. The molecule has 0 radical (unpaired) electrons. The Morgan fingerprint density at radius 1 is 1.12 bits per heavy atom. The zero-order valence-electron chi connectivity index (χ0n) is 14.6. The van der Waals surface area contributed by atoms with E-state index in [4.69, 9.17) is 5.11 Å². The summed E-state index contributed by atoms with van der Waals surface area (Å²) >= 11 is 0. The minimum absolute atomic E-state index is 0.0595. The number of carbonyl (C=O) groups is 3. The fourth-order valence-electron chi connectivity index (χ4n) is 3.09. The van der Waals surface area contributed by atoms with Crippen LogP contribution in [0.5, 0.6) is 0 Å². The van der Waals surface area contributed by atoms with Crippen LogP contribution in [-0.2, 0) is 16.1 Å². The molecule has 1 atom stereocenters. The zero-order chi connectivity index (χ0) is 18.2. The van der Waals surface area contributed by atoms with Crippen molar-refractivity contribution in [3.05, 3.63) is 35.4 Å². The van der Waals surface area contributed by atoms with Gasteiger partial charge in [-0.2, -0.15) is 0 Å². The van der Waals surface area contributed by atoms with Gasteiger partial charge in [0, 0.05) is 24.9 Å². The van der Waals surface area contributed by atoms with Gasteiger partial charge in [-0.15, -0.1) is 0 Å². The molecule has 1 fully saturated rings. The number of benzene rings is 1. The van der Waals surface area contributed by atoms with Crippen molar-refractivity contribution in [3.8, 4) is 0 Å². The first-order chi connectivity index (χ1) is 12.0. The Bertz CT molecular complexity index is 606. The second kappa shape index (κ2) is 9.20. The van der Waals surface area contributed by atoms with Crippen molar-refractivity contribution >= 4 is 17.8 Å². The number of amides is 2. The largest absolute Gasteiger partial charge is 0.478 e. The van der Waals surface area contributed by atoms with Crippen LogP contribution in [0.1, 0.15) is 61.4 Å². The molecule has 0 heterocycles. The summed E-state index contributed by atoms with van der Waals surface area (Å²) in [5, 5.41) is 14.6. The van der Waals surface area contributed by atoms with E-state index < -0.39 is 5.97 Å². The molecule has 1 aliphatic rings. The van der Waals surface area contributed by atoms with Gasteiger partial charge in [0.25, 0.3) is 0 Å². The maximum atomic E-state index is 12.2. The SMILES string of the molecule is CC(CC(=O)NCc1ccc(C(=O)O)cc1)NC(=O)C1CCCCC1. The van der Waals surface area contributed by atoms with Crippen molar-refractivity contribution in [1.29, 1.82) is 0 Å². The molecule has 136 valence electrons. The number of carboxylic acid groups (broad SMARTS) is 1. The number of hydrogen-bond donors (Lipinski definition) is 3. The second-order valence-corrected chi connectivity index (χ2v) is 6.73. The summed E-state index contributed by atoms with van der Waals surface area (Å²) in [5.74, 6) is -0.965. The normalized spacial score (nSPS) is 16.0. The summed E-state index contributed by atoms with van der Waals surface area (Å²) < 4.78 is 0. The summed E-state index contributed by atoms with van der Waals surface area (Å²) in [4.78, 5) is 35.0. The molecule has 1 aromatic rings. The molecule has 1 unspecified atom stereocenters. The number of nitrogens with one attached hydrogen (secondary N) is 2. The van der Waals surface area contributed by atoms with Crippen molar-refractivity contribution in [3.63, 3.8) is 0 Å². The molecule has 0 aliphatic heterocycles. The molecule has 0 bridgehead atoms. The van der Waals surface area contributed by atoms with Crippen LogP contribution in [-0.4, -0.2) is 28.9 Å². The highest BCUT2D eigenvalue weighted by Gasteiger charge is 2.22. The van der Waals surface area contributed by atoms with Gasteiger partial charge in [-0.25, -0.2) is 4.79 Å². The first-order valence-corrected chi connectivity index (χ1v) is 8.85. The third-order valence-corrected chi connectivity index (χ3v) is 4.55. The molecule has 1 aromatic carbocycles. The molecule has 1 saturated carbocycles. The minimum Gasteiger partial charge on any atom is -0.478 e. The van der Waals surface area contributed by atoms with Crippen molar-refractivity contribution in [2.24, 2.45) is 5.92 Å². The Morgan fingerprint density at radius 2 is 1.76 bits per heavy atom. The van der Waals surface area contributed by atoms with Crippen LogP contribution < -0.4 is 10.6 Å². The van der Waals surface area contributed by atoms with E-state index in [9.17, 15) is 14.4 Å². The van der Waals surface area contributed by atoms with Crippen LogP contribution >= 0.6 is 0 Å². The molecule has 0 aromatic heterocycles. The van der Waals surface area contributed by atoms with Gasteiger partial charge < -0.3 is 15.7 Å². The van der Waals surface area contributed by atoms with E-state index in [1.165, 1.54) is 18.6 Å². The Hall–Kier alpha value is -2.37. The second-order valence-electron chi connectivity index (χ2n) is 6.73. The third-order valence-electron chi connectivity index (χ3n) is 4.55. The molecule has 1 aliphatic carbocycles. The van der Waals surface area contributed by atoms with Crippen molar-refractivity contribution < 1.29 is 19.5 Å². The van der Waals surface area contributed by atoms with E-state index in [1.54, 1.807) is 12.1 Å². The summed E-state index contributed by atoms with van der Waals surface area (Å²) in [5.41, 5.74) is 1.05. The maximum absolute atomic E-state index is 12.2. The van der Waals surface area contributed by atoms with Gasteiger partial charge in [-0.3, -0.25) is 9.59 Å².